The highest BCUT2D eigenvalue weighted by Crippen LogP contribution is 2.28. The molecule has 3 heteroatoms. The predicted molar refractivity (Wildman–Crippen MR) is 69.1 cm³/mol. The van der Waals surface area contributed by atoms with Crippen LogP contribution < -0.4 is 0 Å². The lowest BCUT2D eigenvalue weighted by Gasteiger charge is -2.05. The van der Waals surface area contributed by atoms with Crippen molar-refractivity contribution in [3.8, 4) is 0 Å². The summed E-state index contributed by atoms with van der Waals surface area (Å²) >= 11 is 0. The summed E-state index contributed by atoms with van der Waals surface area (Å²) < 4.78 is 0. The molecule has 0 amide bonds. The van der Waals surface area contributed by atoms with E-state index in [2.05, 4.69) is 5.16 Å². The molecule has 3 nitrogen and oxygen atoms in total. The summed E-state index contributed by atoms with van der Waals surface area (Å²) in [6.45, 7) is 0. The molecule has 0 bridgehead atoms. The molecule has 92 valence electrons. The Balaban J connectivity index is 1.90. The summed E-state index contributed by atoms with van der Waals surface area (Å²) in [7, 11) is 0. The van der Waals surface area contributed by atoms with E-state index >= 15 is 0 Å². The number of nitrogens with zero attached hydrogens (tertiary/aromatic N) is 1. The highest BCUT2D eigenvalue weighted by Gasteiger charge is 2.32. The van der Waals surface area contributed by atoms with Crippen LogP contribution in [-0.4, -0.2) is 11.7 Å². The SMILES string of the molecule is O=C1ON=C(c2ccccc2)[C@@H]1C=C1CCCC1. The maximum atomic E-state index is 11.8. The number of carbonyl (C=O) groups is 1. The summed E-state index contributed by atoms with van der Waals surface area (Å²) in [6.07, 6.45) is 6.71. The quantitative estimate of drug-likeness (QED) is 0.589. The third-order valence-corrected chi connectivity index (χ3v) is 3.50. The predicted octanol–water partition coefficient (Wildman–Crippen LogP) is 3.06. The van der Waals surface area contributed by atoms with Crippen LogP contribution in [0.25, 0.3) is 0 Å². The molecular formula is C15H15NO2. The van der Waals surface area contributed by atoms with Gasteiger partial charge in [0, 0.05) is 5.56 Å². The molecule has 1 aromatic rings. The van der Waals surface area contributed by atoms with Crippen molar-refractivity contribution in [2.75, 3.05) is 0 Å². The minimum absolute atomic E-state index is 0.256. The van der Waals surface area contributed by atoms with Crippen molar-refractivity contribution in [3.63, 3.8) is 0 Å². The van der Waals surface area contributed by atoms with Crippen molar-refractivity contribution in [3.05, 3.63) is 47.5 Å². The van der Waals surface area contributed by atoms with Crippen LogP contribution >= 0.6 is 0 Å². The molecule has 1 saturated carbocycles. The highest BCUT2D eigenvalue weighted by molar-refractivity contribution is 6.15. The van der Waals surface area contributed by atoms with Crippen molar-refractivity contribution in [2.45, 2.75) is 25.7 Å². The van der Waals surface area contributed by atoms with Crippen LogP contribution in [0, 0.1) is 5.92 Å². The van der Waals surface area contributed by atoms with Crippen molar-refractivity contribution in [2.24, 2.45) is 11.1 Å². The lowest BCUT2D eigenvalue weighted by molar-refractivity contribution is -0.142. The zero-order valence-electron chi connectivity index (χ0n) is 10.1. The highest BCUT2D eigenvalue weighted by atomic mass is 16.7. The molecular weight excluding hydrogens is 226 g/mol. The molecule has 1 aliphatic carbocycles. The summed E-state index contributed by atoms with van der Waals surface area (Å²) in [5, 5.41) is 3.93. The minimum Gasteiger partial charge on any atom is -0.317 e. The summed E-state index contributed by atoms with van der Waals surface area (Å²) in [6, 6.07) is 9.76. The lowest BCUT2D eigenvalue weighted by atomic mass is 9.95. The third kappa shape index (κ3) is 2.08. The van der Waals surface area contributed by atoms with E-state index in [9.17, 15) is 4.79 Å². The first-order chi connectivity index (χ1) is 8.84. The van der Waals surface area contributed by atoms with E-state index in [0.717, 1.165) is 24.1 Å². The maximum absolute atomic E-state index is 11.8. The average molecular weight is 241 g/mol. The zero-order valence-corrected chi connectivity index (χ0v) is 10.1. The van der Waals surface area contributed by atoms with E-state index in [-0.39, 0.29) is 11.9 Å². The molecule has 0 radical (unpaired) electrons. The molecule has 1 aromatic carbocycles. The monoisotopic (exact) mass is 241 g/mol. The van der Waals surface area contributed by atoms with Gasteiger partial charge in [0.1, 0.15) is 11.6 Å². The van der Waals surface area contributed by atoms with Crippen molar-refractivity contribution in [1.29, 1.82) is 0 Å². The Hall–Kier alpha value is -1.90. The number of allylic oxidation sites excluding steroid dienone is 1. The molecule has 3 rings (SSSR count). The maximum Gasteiger partial charge on any atom is 0.347 e. The Bertz CT molecular complexity index is 509. The van der Waals surface area contributed by atoms with E-state index < -0.39 is 0 Å². The van der Waals surface area contributed by atoms with Crippen LogP contribution in [0.2, 0.25) is 0 Å². The Morgan fingerprint density at radius 2 is 1.89 bits per heavy atom. The normalized spacial score (nSPS) is 22.9. The van der Waals surface area contributed by atoms with Gasteiger partial charge >= 0.3 is 5.97 Å². The van der Waals surface area contributed by atoms with Crippen molar-refractivity contribution in [1.82, 2.24) is 0 Å². The van der Waals surface area contributed by atoms with Gasteiger partial charge in [0.25, 0.3) is 0 Å². The summed E-state index contributed by atoms with van der Waals surface area (Å²) in [5.41, 5.74) is 3.06. The van der Waals surface area contributed by atoms with Crippen molar-refractivity contribution < 1.29 is 9.63 Å². The molecule has 1 atom stereocenters. The van der Waals surface area contributed by atoms with Crippen LogP contribution in [0.5, 0.6) is 0 Å². The van der Waals surface area contributed by atoms with Gasteiger partial charge in [-0.1, -0.05) is 47.1 Å². The second-order valence-corrected chi connectivity index (χ2v) is 4.76. The molecule has 1 fully saturated rings. The van der Waals surface area contributed by atoms with E-state index in [0.29, 0.717) is 0 Å². The third-order valence-electron chi connectivity index (χ3n) is 3.50. The van der Waals surface area contributed by atoms with E-state index in [4.69, 9.17) is 4.84 Å². The Morgan fingerprint density at radius 1 is 1.17 bits per heavy atom. The minimum atomic E-state index is -0.319. The topological polar surface area (TPSA) is 38.7 Å². The van der Waals surface area contributed by atoms with Gasteiger partial charge in [0.2, 0.25) is 0 Å². The fourth-order valence-corrected chi connectivity index (χ4v) is 2.54. The van der Waals surface area contributed by atoms with Gasteiger partial charge in [-0.2, -0.15) is 0 Å². The first-order valence-electron chi connectivity index (χ1n) is 6.38. The number of oxime groups is 1. The Kier molecular flexibility index (Phi) is 2.97. The fraction of sp³-hybridized carbons (Fsp3) is 0.333. The molecule has 2 aliphatic rings. The first-order valence-corrected chi connectivity index (χ1v) is 6.38. The number of hydrogen-bond acceptors (Lipinski definition) is 3. The van der Waals surface area contributed by atoms with Crippen LogP contribution in [0.3, 0.4) is 0 Å². The molecule has 0 saturated heterocycles. The van der Waals surface area contributed by atoms with Gasteiger partial charge in [-0.05, 0) is 25.7 Å². The van der Waals surface area contributed by atoms with E-state index in [1.807, 2.05) is 36.4 Å². The summed E-state index contributed by atoms with van der Waals surface area (Å²) in [5.74, 6) is -0.575. The molecule has 0 unspecified atom stereocenters. The van der Waals surface area contributed by atoms with E-state index in [1.165, 1.54) is 18.4 Å². The largest absolute Gasteiger partial charge is 0.347 e. The van der Waals surface area contributed by atoms with Crippen molar-refractivity contribution >= 4 is 11.7 Å². The van der Waals surface area contributed by atoms with E-state index in [1.54, 1.807) is 0 Å². The van der Waals surface area contributed by atoms with Crippen LogP contribution in [0.1, 0.15) is 31.2 Å². The molecule has 0 N–H and O–H groups in total. The number of rotatable bonds is 2. The van der Waals surface area contributed by atoms with Gasteiger partial charge in [0.15, 0.2) is 0 Å². The first kappa shape index (κ1) is 11.2. The molecule has 0 spiro atoms. The molecule has 0 aromatic heterocycles. The van der Waals surface area contributed by atoms with Crippen LogP contribution in [0.4, 0.5) is 0 Å². The van der Waals surface area contributed by atoms with Gasteiger partial charge in [-0.3, -0.25) is 0 Å². The number of carbonyl (C=O) groups excluding carboxylic acids is 1. The fourth-order valence-electron chi connectivity index (χ4n) is 2.54. The van der Waals surface area contributed by atoms with Gasteiger partial charge in [0.05, 0.1) is 0 Å². The molecule has 1 heterocycles. The van der Waals surface area contributed by atoms with Gasteiger partial charge in [-0.15, -0.1) is 0 Å². The zero-order chi connectivity index (χ0) is 12.4. The second-order valence-electron chi connectivity index (χ2n) is 4.76. The standard InChI is InChI=1S/C15H15NO2/c17-15-13(10-11-6-4-5-7-11)14(16-18-15)12-8-2-1-3-9-12/h1-3,8-10,13H,4-7H2/t13-/m0/s1. The number of hydrogen-bond donors (Lipinski definition) is 0. The van der Waals surface area contributed by atoms with Gasteiger partial charge in [-0.25, -0.2) is 4.79 Å². The average Bonchev–Trinajstić information content (AvgIpc) is 3.03. The Morgan fingerprint density at radius 3 is 2.61 bits per heavy atom. The van der Waals surface area contributed by atoms with Crippen LogP contribution in [0.15, 0.2) is 47.1 Å². The summed E-state index contributed by atoms with van der Waals surface area (Å²) in [4.78, 5) is 16.6. The van der Waals surface area contributed by atoms with Crippen LogP contribution in [-0.2, 0) is 9.63 Å². The molecule has 1 aliphatic heterocycles. The second kappa shape index (κ2) is 4.77. The number of benzene rings is 1. The Labute approximate surface area is 106 Å². The molecule has 18 heavy (non-hydrogen) atoms. The smallest absolute Gasteiger partial charge is 0.317 e. The van der Waals surface area contributed by atoms with Gasteiger partial charge < -0.3 is 4.84 Å². The lowest BCUT2D eigenvalue weighted by Crippen LogP contribution is -2.17.